The highest BCUT2D eigenvalue weighted by Crippen LogP contribution is 2.37. The largest absolute Gasteiger partial charge is 0.482 e. The highest BCUT2D eigenvalue weighted by Gasteiger charge is 2.27. The third kappa shape index (κ3) is 7.34. The Bertz CT molecular complexity index is 1040. The lowest BCUT2D eigenvalue weighted by molar-refractivity contribution is -0.139. The van der Waals surface area contributed by atoms with Crippen LogP contribution in [0.1, 0.15) is 51.5 Å². The summed E-state index contributed by atoms with van der Waals surface area (Å²) in [7, 11) is 1.66. The molecule has 6 nitrogen and oxygen atoms in total. The first-order chi connectivity index (χ1) is 16.7. The summed E-state index contributed by atoms with van der Waals surface area (Å²) in [5.74, 6) is -1.15. The number of carbonyl (C=O) groups excluding carboxylic acids is 1. The summed E-state index contributed by atoms with van der Waals surface area (Å²) < 4.78 is 19.8. The number of halogens is 2. The predicted molar refractivity (Wildman–Crippen MR) is 137 cm³/mol. The molecule has 2 aromatic carbocycles. The fourth-order valence-corrected chi connectivity index (χ4v) is 4.72. The van der Waals surface area contributed by atoms with E-state index in [1.807, 2.05) is 6.07 Å². The van der Waals surface area contributed by atoms with Crippen LogP contribution >= 0.6 is 11.6 Å². The summed E-state index contributed by atoms with van der Waals surface area (Å²) in [6, 6.07) is 9.98. The molecule has 3 rings (SSSR count). The van der Waals surface area contributed by atoms with Crippen molar-refractivity contribution < 1.29 is 23.8 Å². The molecule has 1 fully saturated rings. The van der Waals surface area contributed by atoms with Crippen LogP contribution < -0.4 is 14.5 Å². The molecular formula is C27H34ClFN2O4. The number of aliphatic carboxylic acids is 1. The number of hydrogen-bond donors (Lipinski definition) is 1. The van der Waals surface area contributed by atoms with Crippen molar-refractivity contribution in [2.45, 2.75) is 58.4 Å². The third-order valence-corrected chi connectivity index (χ3v) is 6.52. The number of benzene rings is 2. The van der Waals surface area contributed by atoms with Gasteiger partial charge in [0, 0.05) is 30.7 Å². The lowest BCUT2D eigenvalue weighted by Crippen LogP contribution is -2.41. The number of anilines is 2. The normalized spacial score (nSPS) is 14.1. The van der Waals surface area contributed by atoms with Gasteiger partial charge in [-0.05, 0) is 48.6 Å². The summed E-state index contributed by atoms with van der Waals surface area (Å²) in [4.78, 5) is 28.2. The summed E-state index contributed by atoms with van der Waals surface area (Å²) in [5, 5.41) is 9.29. The summed E-state index contributed by atoms with van der Waals surface area (Å²) in [5.41, 5.74) is 1.76. The van der Waals surface area contributed by atoms with E-state index in [0.717, 1.165) is 25.1 Å². The van der Waals surface area contributed by atoms with E-state index in [9.17, 15) is 14.0 Å². The van der Waals surface area contributed by atoms with E-state index in [-0.39, 0.29) is 22.9 Å². The number of carboxylic acid groups (broad SMARTS) is 1. The van der Waals surface area contributed by atoms with Crippen LogP contribution in [0.4, 0.5) is 15.8 Å². The molecule has 1 N–H and O–H groups in total. The number of carbonyl (C=O) groups is 2. The van der Waals surface area contributed by atoms with Crippen molar-refractivity contribution in [1.29, 1.82) is 0 Å². The second kappa shape index (κ2) is 12.2. The van der Waals surface area contributed by atoms with E-state index in [4.69, 9.17) is 21.4 Å². The van der Waals surface area contributed by atoms with Crippen LogP contribution in [0.15, 0.2) is 36.4 Å². The molecule has 35 heavy (non-hydrogen) atoms. The molecule has 0 spiro atoms. The summed E-state index contributed by atoms with van der Waals surface area (Å²) in [6.45, 7) is 4.67. The van der Waals surface area contributed by atoms with E-state index in [2.05, 4.69) is 18.7 Å². The molecule has 0 unspecified atom stereocenters. The first kappa shape index (κ1) is 26.8. The molecule has 0 heterocycles. The Morgan fingerprint density at radius 3 is 2.46 bits per heavy atom. The molecular weight excluding hydrogens is 471 g/mol. The zero-order valence-electron chi connectivity index (χ0n) is 20.6. The van der Waals surface area contributed by atoms with E-state index >= 15 is 0 Å². The second-order valence-corrected chi connectivity index (χ2v) is 9.97. The highest BCUT2D eigenvalue weighted by molar-refractivity contribution is 6.30. The second-order valence-electron chi connectivity index (χ2n) is 9.54. The molecule has 1 amide bonds. The van der Waals surface area contributed by atoms with Gasteiger partial charge in [-0.2, -0.15) is 0 Å². The van der Waals surface area contributed by atoms with E-state index < -0.39 is 18.4 Å². The van der Waals surface area contributed by atoms with Crippen molar-refractivity contribution in [1.82, 2.24) is 0 Å². The smallest absolute Gasteiger partial charge is 0.341 e. The molecule has 0 atom stereocenters. The van der Waals surface area contributed by atoms with Gasteiger partial charge in [0.05, 0.1) is 17.8 Å². The van der Waals surface area contributed by atoms with Crippen molar-refractivity contribution in [3.63, 3.8) is 0 Å². The maximum Gasteiger partial charge on any atom is 0.341 e. The number of amides is 1. The molecule has 0 saturated heterocycles. The minimum atomic E-state index is -1.08. The van der Waals surface area contributed by atoms with Crippen LogP contribution in [0.5, 0.6) is 5.75 Å². The van der Waals surface area contributed by atoms with E-state index in [1.54, 1.807) is 25.2 Å². The van der Waals surface area contributed by atoms with Gasteiger partial charge in [-0.1, -0.05) is 50.8 Å². The van der Waals surface area contributed by atoms with Crippen LogP contribution in [0.3, 0.4) is 0 Å². The molecule has 0 radical (unpaired) electrons. The van der Waals surface area contributed by atoms with Crippen molar-refractivity contribution >= 4 is 34.9 Å². The fourth-order valence-electron chi connectivity index (χ4n) is 4.56. The van der Waals surface area contributed by atoms with E-state index in [1.165, 1.54) is 36.3 Å². The van der Waals surface area contributed by atoms with Gasteiger partial charge in [0.1, 0.15) is 11.6 Å². The summed E-state index contributed by atoms with van der Waals surface area (Å²) >= 11 is 5.86. The quantitative estimate of drug-likeness (QED) is 0.433. The third-order valence-electron chi connectivity index (χ3n) is 6.29. The maximum atomic E-state index is 14.4. The Kier molecular flexibility index (Phi) is 9.38. The lowest BCUT2D eigenvalue weighted by Gasteiger charge is -2.39. The summed E-state index contributed by atoms with van der Waals surface area (Å²) in [6.07, 6.45) is 5.59. The standard InChI is InChI=1S/C27H34ClFN2O4/c1-18(2)16-31(21-7-5-4-6-8-21)24-12-11-22(35-17-27(33)34)15-25(24)30(3)26(32)13-19-9-10-20(28)14-23(19)29/h9-12,14-15,18,21H,4-8,13,16-17H2,1-3H3,(H,33,34). The van der Waals surface area contributed by atoms with Gasteiger partial charge in [0.2, 0.25) is 5.91 Å². The van der Waals surface area contributed by atoms with Crippen molar-refractivity contribution in [3.05, 3.63) is 52.8 Å². The number of nitrogens with zero attached hydrogens (tertiary/aromatic N) is 2. The fraction of sp³-hybridized carbons (Fsp3) is 0.481. The Morgan fingerprint density at radius 1 is 1.11 bits per heavy atom. The van der Waals surface area contributed by atoms with Crippen molar-refractivity contribution in [2.75, 3.05) is 30.0 Å². The first-order valence-electron chi connectivity index (χ1n) is 12.1. The van der Waals surface area contributed by atoms with Crippen molar-refractivity contribution in [2.24, 2.45) is 5.92 Å². The number of ether oxygens (including phenoxy) is 1. The SMILES string of the molecule is CC(C)CN(c1ccc(OCC(=O)O)cc1N(C)C(=O)Cc1ccc(Cl)cc1F)C1CCCCC1. The van der Waals surface area contributed by atoms with Crippen LogP contribution in [0.2, 0.25) is 5.02 Å². The number of likely N-dealkylation sites (N-methyl/N-ethyl adjacent to an activating group) is 1. The lowest BCUT2D eigenvalue weighted by atomic mass is 9.93. The highest BCUT2D eigenvalue weighted by atomic mass is 35.5. The number of rotatable bonds is 10. The zero-order chi connectivity index (χ0) is 25.5. The average molecular weight is 505 g/mol. The minimum Gasteiger partial charge on any atom is -0.482 e. The van der Waals surface area contributed by atoms with Gasteiger partial charge in [0.15, 0.2) is 6.61 Å². The monoisotopic (exact) mass is 504 g/mol. The Hall–Kier alpha value is -2.80. The van der Waals surface area contributed by atoms with Gasteiger partial charge in [-0.25, -0.2) is 9.18 Å². The van der Waals surface area contributed by atoms with Crippen molar-refractivity contribution in [3.8, 4) is 5.75 Å². The van der Waals surface area contributed by atoms with Crippen LogP contribution in [-0.4, -0.2) is 43.2 Å². The molecule has 190 valence electrons. The average Bonchev–Trinajstić information content (AvgIpc) is 2.82. The van der Waals surface area contributed by atoms with Gasteiger partial charge in [-0.3, -0.25) is 4.79 Å². The topological polar surface area (TPSA) is 70.1 Å². The zero-order valence-corrected chi connectivity index (χ0v) is 21.4. The Morgan fingerprint density at radius 2 is 1.83 bits per heavy atom. The van der Waals surface area contributed by atoms with Gasteiger partial charge in [0.25, 0.3) is 0 Å². The Balaban J connectivity index is 1.97. The van der Waals surface area contributed by atoms with Gasteiger partial charge in [-0.15, -0.1) is 0 Å². The molecule has 1 saturated carbocycles. The molecule has 1 aliphatic carbocycles. The molecule has 8 heteroatoms. The number of hydrogen-bond acceptors (Lipinski definition) is 4. The predicted octanol–water partition coefficient (Wildman–Crippen LogP) is 5.94. The van der Waals surface area contributed by atoms with Crippen LogP contribution in [0, 0.1) is 11.7 Å². The first-order valence-corrected chi connectivity index (χ1v) is 12.5. The van der Waals surface area contributed by atoms with Gasteiger partial charge >= 0.3 is 5.97 Å². The maximum absolute atomic E-state index is 14.4. The van der Waals surface area contributed by atoms with Crippen LogP contribution in [0.25, 0.3) is 0 Å². The molecule has 0 aromatic heterocycles. The number of carboxylic acids is 1. The minimum absolute atomic E-state index is 0.132. The molecule has 1 aliphatic rings. The van der Waals surface area contributed by atoms with Crippen LogP contribution in [-0.2, 0) is 16.0 Å². The van der Waals surface area contributed by atoms with E-state index in [0.29, 0.717) is 23.4 Å². The molecule has 0 aliphatic heterocycles. The Labute approximate surface area is 211 Å². The van der Waals surface area contributed by atoms with Gasteiger partial charge < -0.3 is 19.6 Å². The molecule has 2 aromatic rings. The molecule has 0 bridgehead atoms.